The van der Waals surface area contributed by atoms with Crippen LogP contribution in [0.4, 0.5) is 0 Å². The first-order chi connectivity index (χ1) is 18.7. The summed E-state index contributed by atoms with van der Waals surface area (Å²) in [5.74, 6) is 0.143. The quantitative estimate of drug-likeness (QED) is 0.0929. The molecule has 0 aliphatic rings. The number of carbonyl (C=O) groups excluding carboxylic acids is 1. The Hall–Kier alpha value is -1.63. The van der Waals surface area contributed by atoms with Crippen LogP contribution in [0.5, 0.6) is 0 Å². The monoisotopic (exact) mass is 531 g/mol. The maximum Gasteiger partial charge on any atom is 0.220 e. The van der Waals surface area contributed by atoms with Crippen molar-refractivity contribution in [1.29, 1.82) is 10.5 Å². The van der Waals surface area contributed by atoms with Gasteiger partial charge in [-0.3, -0.25) is 9.69 Å². The summed E-state index contributed by atoms with van der Waals surface area (Å²) in [7, 11) is 0. The van der Waals surface area contributed by atoms with Crippen LogP contribution < -0.4 is 10.6 Å². The van der Waals surface area contributed by atoms with E-state index in [1.807, 2.05) is 0 Å². The van der Waals surface area contributed by atoms with E-state index in [2.05, 4.69) is 34.6 Å². The molecule has 0 saturated carbocycles. The molecule has 0 aromatic carbocycles. The summed E-state index contributed by atoms with van der Waals surface area (Å²) >= 11 is 0. The first kappa shape index (κ1) is 36.4. The van der Waals surface area contributed by atoms with E-state index in [-0.39, 0.29) is 5.91 Å². The van der Waals surface area contributed by atoms with Crippen LogP contribution >= 0.6 is 0 Å². The van der Waals surface area contributed by atoms with E-state index < -0.39 is 0 Å². The van der Waals surface area contributed by atoms with Crippen LogP contribution in [0.25, 0.3) is 0 Å². The predicted molar refractivity (Wildman–Crippen MR) is 161 cm³/mol. The highest BCUT2D eigenvalue weighted by Crippen LogP contribution is 2.14. The van der Waals surface area contributed by atoms with Crippen molar-refractivity contribution in [2.24, 2.45) is 0 Å². The fraction of sp³-hybridized carbons (Fsp3) is 0.906. The van der Waals surface area contributed by atoms with Gasteiger partial charge in [0.2, 0.25) is 5.91 Å². The molecule has 0 aromatic rings. The van der Waals surface area contributed by atoms with E-state index in [9.17, 15) is 4.79 Å². The lowest BCUT2D eigenvalue weighted by Gasteiger charge is -2.21. The SMILES string of the molecule is CCCCCCCCCCCCCCCCCCCCCC(=O)NCCN(CCC#N)CCNCCC#N. The Bertz CT molecular complexity index is 583. The average Bonchev–Trinajstić information content (AvgIpc) is 2.92. The zero-order valence-electron chi connectivity index (χ0n) is 25.0. The van der Waals surface area contributed by atoms with Crippen molar-refractivity contribution in [3.8, 4) is 12.1 Å². The molecule has 0 fully saturated rings. The molecule has 0 bridgehead atoms. The molecule has 0 heterocycles. The number of nitrogens with zero attached hydrogens (tertiary/aromatic N) is 3. The van der Waals surface area contributed by atoms with Gasteiger partial charge in [-0.15, -0.1) is 0 Å². The highest BCUT2D eigenvalue weighted by Gasteiger charge is 2.06. The van der Waals surface area contributed by atoms with Crippen LogP contribution in [0.1, 0.15) is 148 Å². The third-order valence-corrected chi connectivity index (χ3v) is 7.32. The first-order valence-corrected chi connectivity index (χ1v) is 16.2. The van der Waals surface area contributed by atoms with E-state index in [0.717, 1.165) is 32.5 Å². The van der Waals surface area contributed by atoms with Gasteiger partial charge >= 0.3 is 0 Å². The van der Waals surface area contributed by atoms with Gasteiger partial charge < -0.3 is 10.6 Å². The minimum atomic E-state index is 0.143. The lowest BCUT2D eigenvalue weighted by molar-refractivity contribution is -0.121. The number of nitrogens with one attached hydrogen (secondary N) is 2. The van der Waals surface area contributed by atoms with Crippen molar-refractivity contribution in [2.75, 3.05) is 39.3 Å². The molecule has 38 heavy (non-hydrogen) atoms. The molecule has 6 nitrogen and oxygen atoms in total. The number of hydrogen-bond donors (Lipinski definition) is 2. The molecule has 0 aromatic heterocycles. The van der Waals surface area contributed by atoms with Crippen LogP contribution in [0, 0.1) is 22.7 Å². The van der Waals surface area contributed by atoms with Crippen molar-refractivity contribution in [3.05, 3.63) is 0 Å². The largest absolute Gasteiger partial charge is 0.355 e. The third-order valence-electron chi connectivity index (χ3n) is 7.32. The Balaban J connectivity index is 3.43. The second-order valence-electron chi connectivity index (χ2n) is 10.9. The topological polar surface area (TPSA) is 91.9 Å². The van der Waals surface area contributed by atoms with Gasteiger partial charge in [0, 0.05) is 58.5 Å². The molecule has 0 saturated heterocycles. The molecule has 6 heteroatoms. The van der Waals surface area contributed by atoms with E-state index >= 15 is 0 Å². The Morgan fingerprint density at radius 1 is 0.579 bits per heavy atom. The fourth-order valence-electron chi connectivity index (χ4n) is 4.86. The summed E-state index contributed by atoms with van der Waals surface area (Å²) in [5, 5.41) is 23.7. The molecule has 0 rings (SSSR count). The molecule has 0 unspecified atom stereocenters. The van der Waals surface area contributed by atoms with Crippen molar-refractivity contribution in [2.45, 2.75) is 148 Å². The van der Waals surface area contributed by atoms with Gasteiger partial charge in [0.05, 0.1) is 12.1 Å². The van der Waals surface area contributed by atoms with Gasteiger partial charge in [0.15, 0.2) is 0 Å². The maximum atomic E-state index is 12.1. The number of rotatable bonds is 30. The van der Waals surface area contributed by atoms with Crippen LogP contribution in [0.2, 0.25) is 0 Å². The van der Waals surface area contributed by atoms with E-state index in [1.165, 1.54) is 109 Å². The molecule has 0 aliphatic heterocycles. The maximum absolute atomic E-state index is 12.1. The number of hydrogen-bond acceptors (Lipinski definition) is 5. The second-order valence-corrected chi connectivity index (χ2v) is 10.9. The predicted octanol–water partition coefficient (Wildman–Crippen LogP) is 7.64. The summed E-state index contributed by atoms with van der Waals surface area (Å²) in [4.78, 5) is 14.3. The van der Waals surface area contributed by atoms with Crippen LogP contribution in [0.15, 0.2) is 0 Å². The summed E-state index contributed by atoms with van der Waals surface area (Å²) in [5.41, 5.74) is 0. The average molecular weight is 532 g/mol. The van der Waals surface area contributed by atoms with Gasteiger partial charge in [0.25, 0.3) is 0 Å². The molecule has 0 radical (unpaired) electrons. The first-order valence-electron chi connectivity index (χ1n) is 16.2. The van der Waals surface area contributed by atoms with Gasteiger partial charge in [-0.1, -0.05) is 122 Å². The smallest absolute Gasteiger partial charge is 0.220 e. The molecule has 0 spiro atoms. The fourth-order valence-corrected chi connectivity index (χ4v) is 4.86. The number of carbonyl (C=O) groups is 1. The Morgan fingerprint density at radius 2 is 1.03 bits per heavy atom. The lowest BCUT2D eigenvalue weighted by atomic mass is 10.0. The van der Waals surface area contributed by atoms with Crippen molar-refractivity contribution in [1.82, 2.24) is 15.5 Å². The van der Waals surface area contributed by atoms with Gasteiger partial charge in [-0.2, -0.15) is 10.5 Å². The van der Waals surface area contributed by atoms with Gasteiger partial charge in [0.1, 0.15) is 0 Å². The molecule has 0 atom stereocenters. The second kappa shape index (κ2) is 31.6. The molecule has 1 amide bonds. The van der Waals surface area contributed by atoms with Crippen molar-refractivity contribution in [3.63, 3.8) is 0 Å². The third kappa shape index (κ3) is 28.9. The highest BCUT2D eigenvalue weighted by atomic mass is 16.1. The number of nitriles is 2. The molecular weight excluding hydrogens is 470 g/mol. The Labute approximate surface area is 236 Å². The molecule has 0 aliphatic carbocycles. The number of amides is 1. The Morgan fingerprint density at radius 3 is 1.50 bits per heavy atom. The van der Waals surface area contributed by atoms with Gasteiger partial charge in [-0.05, 0) is 6.42 Å². The minimum absolute atomic E-state index is 0.143. The van der Waals surface area contributed by atoms with E-state index in [1.54, 1.807) is 0 Å². The van der Waals surface area contributed by atoms with Crippen molar-refractivity contribution < 1.29 is 4.79 Å². The zero-order chi connectivity index (χ0) is 27.8. The number of unbranched alkanes of at least 4 members (excludes halogenated alkanes) is 18. The van der Waals surface area contributed by atoms with Gasteiger partial charge in [-0.25, -0.2) is 0 Å². The van der Waals surface area contributed by atoms with Crippen molar-refractivity contribution >= 4 is 5.91 Å². The van der Waals surface area contributed by atoms with E-state index in [4.69, 9.17) is 10.5 Å². The minimum Gasteiger partial charge on any atom is -0.355 e. The highest BCUT2D eigenvalue weighted by molar-refractivity contribution is 5.75. The lowest BCUT2D eigenvalue weighted by Crippen LogP contribution is -2.39. The summed E-state index contributed by atoms with van der Waals surface area (Å²) in [6, 6.07) is 4.31. The summed E-state index contributed by atoms with van der Waals surface area (Å²) in [6.07, 6.45) is 27.5. The summed E-state index contributed by atoms with van der Waals surface area (Å²) < 4.78 is 0. The molecular formula is C32H61N5O. The zero-order valence-corrected chi connectivity index (χ0v) is 25.0. The normalized spacial score (nSPS) is 10.9. The standard InChI is InChI=1S/C32H61N5O/c1-2-3-4-5-6-7-8-9-10-11-12-13-14-15-16-17-18-19-20-23-32(38)36-28-31-37(29-22-25-34)30-27-35-26-21-24-33/h35H,2-23,26-31H2,1H3,(H,36,38). The van der Waals surface area contributed by atoms with Crippen LogP contribution in [-0.2, 0) is 4.79 Å². The van der Waals surface area contributed by atoms with Crippen LogP contribution in [-0.4, -0.2) is 50.1 Å². The molecule has 2 N–H and O–H groups in total. The van der Waals surface area contributed by atoms with E-state index in [0.29, 0.717) is 38.9 Å². The summed E-state index contributed by atoms with van der Waals surface area (Å²) in [6.45, 7) is 6.69. The van der Waals surface area contributed by atoms with Crippen LogP contribution in [0.3, 0.4) is 0 Å². The Kier molecular flexibility index (Phi) is 30.2. The molecule has 220 valence electrons.